The number of H-pyrrole nitrogens is 1. The first kappa shape index (κ1) is 20.8. The highest BCUT2D eigenvalue weighted by atomic mass is 32.2. The van der Waals surface area contributed by atoms with E-state index in [1.807, 2.05) is 24.4 Å². The molecule has 1 saturated carbocycles. The number of amides is 1. The predicted octanol–water partition coefficient (Wildman–Crippen LogP) is 3.74. The Labute approximate surface area is 185 Å². The van der Waals surface area contributed by atoms with Crippen LogP contribution in [0.15, 0.2) is 53.6 Å². The lowest BCUT2D eigenvalue weighted by atomic mass is 9.90. The topological polar surface area (TPSA) is 95.2 Å². The molecule has 9 heteroatoms. The summed E-state index contributed by atoms with van der Waals surface area (Å²) in [6.45, 7) is 0. The lowest BCUT2D eigenvalue weighted by Gasteiger charge is -2.24. The number of anilines is 1. The number of halogens is 1. The summed E-state index contributed by atoms with van der Waals surface area (Å²) in [5.74, 6) is 0.0422. The van der Waals surface area contributed by atoms with E-state index >= 15 is 0 Å². The summed E-state index contributed by atoms with van der Waals surface area (Å²) < 4.78 is 41.4. The number of benzene rings is 1. The highest BCUT2D eigenvalue weighted by Crippen LogP contribution is 2.36. The van der Waals surface area contributed by atoms with Gasteiger partial charge < -0.3 is 4.98 Å². The molecule has 1 fully saturated rings. The molecule has 32 heavy (non-hydrogen) atoms. The monoisotopic (exact) mass is 454 g/mol. The molecule has 2 aliphatic rings. The summed E-state index contributed by atoms with van der Waals surface area (Å²) in [4.78, 5) is 21.0. The first-order chi connectivity index (χ1) is 15.4. The van der Waals surface area contributed by atoms with Crippen molar-refractivity contribution >= 4 is 38.9 Å². The van der Waals surface area contributed by atoms with E-state index in [1.165, 1.54) is 18.2 Å². The molecule has 5 rings (SSSR count). The maximum absolute atomic E-state index is 13.5. The van der Waals surface area contributed by atoms with Crippen molar-refractivity contribution in [2.24, 2.45) is 0 Å². The molecule has 2 heterocycles. The van der Waals surface area contributed by atoms with Crippen LogP contribution in [0.4, 0.5) is 10.2 Å². The Morgan fingerprint density at radius 3 is 2.72 bits per heavy atom. The van der Waals surface area contributed by atoms with Gasteiger partial charge in [-0.05, 0) is 73.6 Å². The minimum absolute atomic E-state index is 0.0749. The van der Waals surface area contributed by atoms with E-state index in [1.54, 1.807) is 4.90 Å². The number of fused-ring (bicyclic) bond motifs is 1. The molecule has 0 radical (unpaired) electrons. The van der Waals surface area contributed by atoms with Gasteiger partial charge in [-0.25, -0.2) is 22.5 Å². The van der Waals surface area contributed by atoms with E-state index in [0.717, 1.165) is 47.5 Å². The lowest BCUT2D eigenvalue weighted by Crippen LogP contribution is -2.35. The van der Waals surface area contributed by atoms with Crippen LogP contribution in [0.25, 0.3) is 16.6 Å². The first-order valence-electron chi connectivity index (χ1n) is 10.6. The molecule has 1 atom stereocenters. The Bertz CT molecular complexity index is 1310. The second-order valence-corrected chi connectivity index (χ2v) is 10.0. The number of aromatic amines is 1. The standard InChI is InChI=1S/C23H23FN4O3S/c24-16-2-1-3-19(12-16)32(30,31)27-17-6-4-15(5-7-17)21-13-22(28(14-29)18-8-9-18)26-23-20(21)10-11-25-23/h1-4,10-14,17-18,27H,5-9H2,(H,25,26). The molecule has 0 saturated heterocycles. The van der Waals surface area contributed by atoms with Crippen LogP contribution in [0, 0.1) is 5.82 Å². The summed E-state index contributed by atoms with van der Waals surface area (Å²) in [6, 6.07) is 8.86. The Hall–Kier alpha value is -3.04. The van der Waals surface area contributed by atoms with Crippen molar-refractivity contribution < 1.29 is 17.6 Å². The predicted molar refractivity (Wildman–Crippen MR) is 120 cm³/mol. The van der Waals surface area contributed by atoms with Gasteiger partial charge in [0.2, 0.25) is 16.4 Å². The number of carbonyl (C=O) groups excluding carboxylic acids is 1. The van der Waals surface area contributed by atoms with Crippen molar-refractivity contribution in [1.29, 1.82) is 0 Å². The molecule has 0 bridgehead atoms. The van der Waals surface area contributed by atoms with Crippen LogP contribution >= 0.6 is 0 Å². The van der Waals surface area contributed by atoms with Gasteiger partial charge in [0.1, 0.15) is 17.3 Å². The Balaban J connectivity index is 1.39. The number of aromatic nitrogens is 2. The van der Waals surface area contributed by atoms with E-state index < -0.39 is 15.8 Å². The van der Waals surface area contributed by atoms with Crippen molar-refractivity contribution in [3.63, 3.8) is 0 Å². The molecule has 1 unspecified atom stereocenters. The number of nitrogens with one attached hydrogen (secondary N) is 2. The number of rotatable bonds is 7. The molecule has 2 aromatic heterocycles. The van der Waals surface area contributed by atoms with Gasteiger partial charge in [0.05, 0.1) is 4.90 Å². The third-order valence-electron chi connectivity index (χ3n) is 6.02. The number of hydrogen-bond donors (Lipinski definition) is 2. The van der Waals surface area contributed by atoms with E-state index in [4.69, 9.17) is 0 Å². The SMILES string of the molecule is O=CN(c1cc(C2=CCC(NS(=O)(=O)c3cccc(F)c3)CC2)c2cc[nH]c2n1)C1CC1. The highest BCUT2D eigenvalue weighted by molar-refractivity contribution is 7.89. The first-order valence-corrected chi connectivity index (χ1v) is 12.1. The summed E-state index contributed by atoms with van der Waals surface area (Å²) in [6.07, 6.45) is 8.47. The van der Waals surface area contributed by atoms with Gasteiger partial charge in [0.15, 0.2) is 0 Å². The molecule has 1 aromatic carbocycles. The van der Waals surface area contributed by atoms with E-state index in [0.29, 0.717) is 25.1 Å². The van der Waals surface area contributed by atoms with Gasteiger partial charge in [-0.3, -0.25) is 9.69 Å². The molecular weight excluding hydrogens is 431 g/mol. The van der Waals surface area contributed by atoms with E-state index in [-0.39, 0.29) is 17.0 Å². The fraction of sp³-hybridized carbons (Fsp3) is 0.304. The van der Waals surface area contributed by atoms with Crippen LogP contribution < -0.4 is 9.62 Å². The van der Waals surface area contributed by atoms with Crippen molar-refractivity contribution in [1.82, 2.24) is 14.7 Å². The van der Waals surface area contributed by atoms with Gasteiger partial charge in [0.25, 0.3) is 0 Å². The maximum atomic E-state index is 13.5. The lowest BCUT2D eigenvalue weighted by molar-refractivity contribution is -0.107. The van der Waals surface area contributed by atoms with Crippen LogP contribution in [-0.2, 0) is 14.8 Å². The zero-order valence-electron chi connectivity index (χ0n) is 17.3. The quantitative estimate of drug-likeness (QED) is 0.532. The summed E-state index contributed by atoms with van der Waals surface area (Å²) in [5.41, 5.74) is 2.83. The molecule has 166 valence electrons. The van der Waals surface area contributed by atoms with Gasteiger partial charge >= 0.3 is 0 Å². The van der Waals surface area contributed by atoms with Crippen LogP contribution in [-0.4, -0.2) is 36.9 Å². The van der Waals surface area contributed by atoms with Crippen LogP contribution in [0.3, 0.4) is 0 Å². The second-order valence-electron chi connectivity index (χ2n) is 8.29. The number of sulfonamides is 1. The average molecular weight is 455 g/mol. The molecule has 2 N–H and O–H groups in total. The second kappa shape index (κ2) is 8.14. The van der Waals surface area contributed by atoms with Gasteiger partial charge in [-0.1, -0.05) is 12.1 Å². The molecule has 0 spiro atoms. The third kappa shape index (κ3) is 4.05. The van der Waals surface area contributed by atoms with Crippen molar-refractivity contribution in [3.8, 4) is 0 Å². The summed E-state index contributed by atoms with van der Waals surface area (Å²) >= 11 is 0. The molecule has 3 aromatic rings. The number of carbonyl (C=O) groups is 1. The fourth-order valence-corrected chi connectivity index (χ4v) is 5.52. The third-order valence-corrected chi connectivity index (χ3v) is 7.54. The summed E-state index contributed by atoms with van der Waals surface area (Å²) in [7, 11) is -3.79. The van der Waals surface area contributed by atoms with Crippen LogP contribution in [0.1, 0.15) is 37.7 Å². The minimum Gasteiger partial charge on any atom is -0.346 e. The smallest absolute Gasteiger partial charge is 0.240 e. The normalized spacial score (nSPS) is 19.0. The molecule has 1 amide bonds. The number of hydrogen-bond acceptors (Lipinski definition) is 4. The number of allylic oxidation sites excluding steroid dienone is 1. The number of nitrogens with zero attached hydrogens (tertiary/aromatic N) is 2. The van der Waals surface area contributed by atoms with Gasteiger partial charge in [0, 0.05) is 23.7 Å². The Morgan fingerprint density at radius 2 is 2.03 bits per heavy atom. The minimum atomic E-state index is -3.79. The van der Waals surface area contributed by atoms with Crippen molar-refractivity contribution in [3.05, 3.63) is 60.1 Å². The molecular formula is C23H23FN4O3S. The molecule has 0 aliphatic heterocycles. The van der Waals surface area contributed by atoms with Gasteiger partial charge in [-0.2, -0.15) is 0 Å². The average Bonchev–Trinajstić information content (AvgIpc) is 3.50. The fourth-order valence-electron chi connectivity index (χ4n) is 4.21. The highest BCUT2D eigenvalue weighted by Gasteiger charge is 2.31. The van der Waals surface area contributed by atoms with Crippen molar-refractivity contribution in [2.75, 3.05) is 4.90 Å². The maximum Gasteiger partial charge on any atom is 0.240 e. The largest absolute Gasteiger partial charge is 0.346 e. The zero-order chi connectivity index (χ0) is 22.3. The van der Waals surface area contributed by atoms with Crippen LogP contribution in [0.5, 0.6) is 0 Å². The van der Waals surface area contributed by atoms with Gasteiger partial charge in [-0.15, -0.1) is 0 Å². The summed E-state index contributed by atoms with van der Waals surface area (Å²) in [5, 5.41) is 0.973. The molecule has 7 nitrogen and oxygen atoms in total. The molecule has 2 aliphatic carbocycles. The van der Waals surface area contributed by atoms with Crippen molar-refractivity contribution in [2.45, 2.75) is 49.1 Å². The van der Waals surface area contributed by atoms with E-state index in [9.17, 15) is 17.6 Å². The van der Waals surface area contributed by atoms with E-state index in [2.05, 4.69) is 14.7 Å². The zero-order valence-corrected chi connectivity index (χ0v) is 18.1. The number of pyridine rings is 1. The Morgan fingerprint density at radius 1 is 1.19 bits per heavy atom. The Kier molecular flexibility index (Phi) is 5.30. The van der Waals surface area contributed by atoms with Crippen LogP contribution in [0.2, 0.25) is 0 Å².